The predicted molar refractivity (Wildman–Crippen MR) is 165 cm³/mol. The molecule has 6 rings (SSSR count). The highest BCUT2D eigenvalue weighted by molar-refractivity contribution is 5.98. The molecule has 44 heavy (non-hydrogen) atoms. The Labute approximate surface area is 261 Å². The smallest absolute Gasteiger partial charge is 0.162 e. The molecular weight excluding hydrogens is 560 g/mol. The van der Waals surface area contributed by atoms with Gasteiger partial charge in [-0.3, -0.25) is 4.79 Å². The van der Waals surface area contributed by atoms with Crippen LogP contribution in [0.25, 0.3) is 0 Å². The minimum absolute atomic E-state index is 0.00210. The summed E-state index contributed by atoms with van der Waals surface area (Å²) in [7, 11) is 0. The lowest BCUT2D eigenvalue weighted by atomic mass is 9.39. The van der Waals surface area contributed by atoms with Crippen LogP contribution in [-0.2, 0) is 16.0 Å². The van der Waals surface area contributed by atoms with Crippen LogP contribution in [0.5, 0.6) is 5.75 Å². The molecule has 6 N–H and O–H groups in total. The topological polar surface area (TPSA) is 151 Å². The van der Waals surface area contributed by atoms with Crippen LogP contribution in [-0.4, -0.2) is 78.1 Å². The molecule has 8 nitrogen and oxygen atoms in total. The zero-order chi connectivity index (χ0) is 32.3. The first-order chi connectivity index (χ1) is 20.4. The lowest BCUT2D eigenvalue weighted by Crippen LogP contribution is -2.69. The Kier molecular flexibility index (Phi) is 7.37. The summed E-state index contributed by atoms with van der Waals surface area (Å²) in [6.45, 7) is 11.7. The van der Waals surface area contributed by atoms with Crippen LogP contribution in [0.4, 0.5) is 0 Å². The lowest BCUT2D eigenvalue weighted by Gasteiger charge is -2.66. The van der Waals surface area contributed by atoms with Crippen molar-refractivity contribution in [1.29, 1.82) is 0 Å². The van der Waals surface area contributed by atoms with Gasteiger partial charge in [-0.15, -0.1) is 0 Å². The Hall–Kier alpha value is -1.81. The third-order valence-corrected chi connectivity index (χ3v) is 13.9. The van der Waals surface area contributed by atoms with Crippen LogP contribution in [0.1, 0.15) is 85.6 Å². The number of epoxide rings is 1. The number of hydrogen-bond donors (Lipinski definition) is 6. The largest absolute Gasteiger partial charge is 0.508 e. The Morgan fingerprint density at radius 2 is 1.70 bits per heavy atom. The summed E-state index contributed by atoms with van der Waals surface area (Å²) >= 11 is 0. The van der Waals surface area contributed by atoms with Gasteiger partial charge in [0.1, 0.15) is 17.5 Å². The molecular formula is C36H52O8. The van der Waals surface area contributed by atoms with Crippen LogP contribution in [0, 0.1) is 39.9 Å². The molecule has 0 aromatic heterocycles. The van der Waals surface area contributed by atoms with Crippen molar-refractivity contribution in [3.05, 3.63) is 41.5 Å². The van der Waals surface area contributed by atoms with E-state index in [1.165, 1.54) is 0 Å². The molecule has 5 aliphatic rings. The number of carbonyl (C=O) groups is 1. The second kappa shape index (κ2) is 10.1. The number of aromatic hydroxyl groups is 1. The van der Waals surface area contributed by atoms with Gasteiger partial charge in [0.2, 0.25) is 0 Å². The first-order valence-electron chi connectivity index (χ1n) is 16.6. The summed E-state index contributed by atoms with van der Waals surface area (Å²) in [5, 5.41) is 67.7. The maximum atomic E-state index is 14.6. The zero-order valence-electron chi connectivity index (χ0n) is 27.1. The summed E-state index contributed by atoms with van der Waals surface area (Å²) < 4.78 is 6.12. The van der Waals surface area contributed by atoms with Crippen molar-refractivity contribution >= 4 is 5.78 Å². The van der Waals surface area contributed by atoms with Gasteiger partial charge in [0, 0.05) is 10.8 Å². The number of allylic oxidation sites excluding steroid dienone is 1. The first kappa shape index (κ1) is 32.1. The number of aliphatic hydroxyl groups is 5. The number of ketones is 1. The van der Waals surface area contributed by atoms with E-state index in [1.54, 1.807) is 30.3 Å². The van der Waals surface area contributed by atoms with E-state index in [0.717, 1.165) is 5.56 Å². The molecule has 3 saturated carbocycles. The summed E-state index contributed by atoms with van der Waals surface area (Å²) in [6, 6.07) is 6.71. The average Bonchev–Trinajstić information content (AvgIpc) is 3.71. The van der Waals surface area contributed by atoms with Crippen molar-refractivity contribution in [3.63, 3.8) is 0 Å². The summed E-state index contributed by atoms with van der Waals surface area (Å²) in [4.78, 5) is 14.6. The molecule has 4 fully saturated rings. The number of phenols is 1. The van der Waals surface area contributed by atoms with E-state index in [9.17, 15) is 35.4 Å². The summed E-state index contributed by atoms with van der Waals surface area (Å²) in [6.07, 6.45) is 2.51. The number of fused-ring (bicyclic) bond motifs is 5. The standard InChI is InChI=1S/C36H52O8/c1-20(2)21(3)29-30(44-29)33(6,41)26-12-14-36(43)25-15-27(39)34(16-22-7-9-23(38)10-8-22)17-28(40)35(42,19-37)18-32(34,5)24(25)11-13-31(26,36)4/h7-10,15,20-21,24,26,28-30,37-38,40-43H,11-14,16-19H2,1-6H3/t21-,24-,26-,28-,29-,30-,31-,32-,33-,34-,35-,36+/m1/s1. The van der Waals surface area contributed by atoms with Crippen molar-refractivity contribution in [3.8, 4) is 5.75 Å². The lowest BCUT2D eigenvalue weighted by molar-refractivity contribution is -0.220. The quantitative estimate of drug-likeness (QED) is 0.255. The minimum Gasteiger partial charge on any atom is -0.508 e. The predicted octanol–water partition coefficient (Wildman–Crippen LogP) is 3.68. The van der Waals surface area contributed by atoms with Gasteiger partial charge < -0.3 is 35.4 Å². The fourth-order valence-corrected chi connectivity index (χ4v) is 10.7. The highest BCUT2D eigenvalue weighted by atomic mass is 16.6. The maximum absolute atomic E-state index is 14.6. The zero-order valence-corrected chi connectivity index (χ0v) is 27.1. The molecule has 8 heteroatoms. The van der Waals surface area contributed by atoms with Crippen LogP contribution in [0.3, 0.4) is 0 Å². The van der Waals surface area contributed by atoms with Gasteiger partial charge >= 0.3 is 0 Å². The van der Waals surface area contributed by atoms with Gasteiger partial charge in [-0.1, -0.05) is 46.8 Å². The first-order valence-corrected chi connectivity index (χ1v) is 16.6. The summed E-state index contributed by atoms with van der Waals surface area (Å²) in [5.41, 5.74) is -5.47. The normalized spacial score (nSPS) is 46.9. The van der Waals surface area contributed by atoms with Gasteiger partial charge in [0.05, 0.1) is 30.0 Å². The molecule has 1 aromatic carbocycles. The van der Waals surface area contributed by atoms with E-state index < -0.39 is 45.8 Å². The number of phenolic OH excluding ortho intramolecular Hbond substituents is 1. The number of rotatable bonds is 7. The number of hydrogen-bond acceptors (Lipinski definition) is 8. The average molecular weight is 613 g/mol. The number of aliphatic hydroxyl groups excluding tert-OH is 2. The van der Waals surface area contributed by atoms with E-state index in [4.69, 9.17) is 4.74 Å². The van der Waals surface area contributed by atoms with Crippen molar-refractivity contribution in [2.75, 3.05) is 6.61 Å². The molecule has 0 amide bonds. The van der Waals surface area contributed by atoms with E-state index >= 15 is 0 Å². The van der Waals surface area contributed by atoms with Gasteiger partial charge in [-0.2, -0.15) is 0 Å². The molecule has 4 aliphatic carbocycles. The second-order valence-electron chi connectivity index (χ2n) is 16.3. The fraction of sp³-hybridized carbons (Fsp3) is 0.750. The monoisotopic (exact) mass is 612 g/mol. The van der Waals surface area contributed by atoms with Crippen molar-refractivity contribution < 1.29 is 40.2 Å². The molecule has 1 aromatic rings. The van der Waals surface area contributed by atoms with Crippen LogP contribution < -0.4 is 0 Å². The number of ether oxygens (including phenoxy) is 1. The molecule has 0 radical (unpaired) electrons. The molecule has 0 bridgehead atoms. The van der Waals surface area contributed by atoms with Gasteiger partial charge in [-0.25, -0.2) is 0 Å². The SMILES string of the molecule is CC(C)[C@@H](C)[C@H]1O[C@H]1[C@](C)(O)[C@@H]1CC[C@]2(O)C3=CC(=O)[C@@]4(Cc5ccc(O)cc5)C[C@@H](O)[C@](O)(CO)C[C@]4(C)[C@@H]3CC[C@]12C. The molecule has 0 spiro atoms. The molecule has 244 valence electrons. The van der Waals surface area contributed by atoms with Crippen LogP contribution in [0.2, 0.25) is 0 Å². The third kappa shape index (κ3) is 4.20. The second-order valence-corrected chi connectivity index (χ2v) is 16.3. The minimum atomic E-state index is -1.79. The van der Waals surface area contributed by atoms with Gasteiger partial charge in [0.25, 0.3) is 0 Å². The van der Waals surface area contributed by atoms with E-state index in [-0.39, 0.29) is 48.4 Å². The van der Waals surface area contributed by atoms with Crippen LogP contribution >= 0.6 is 0 Å². The Morgan fingerprint density at radius 1 is 1.05 bits per heavy atom. The fourth-order valence-electron chi connectivity index (χ4n) is 10.7. The van der Waals surface area contributed by atoms with Crippen molar-refractivity contribution in [2.24, 2.45) is 39.9 Å². The molecule has 1 aliphatic heterocycles. The van der Waals surface area contributed by atoms with Crippen molar-refractivity contribution in [1.82, 2.24) is 0 Å². The van der Waals surface area contributed by atoms with Gasteiger partial charge in [-0.05, 0) is 110 Å². The van der Waals surface area contributed by atoms with E-state index in [0.29, 0.717) is 49.5 Å². The van der Waals surface area contributed by atoms with Gasteiger partial charge in [0.15, 0.2) is 5.78 Å². The van der Waals surface area contributed by atoms with E-state index in [1.807, 2.05) is 13.8 Å². The Bertz CT molecular complexity index is 1340. The highest BCUT2D eigenvalue weighted by Crippen LogP contribution is 2.72. The molecule has 1 saturated heterocycles. The van der Waals surface area contributed by atoms with E-state index in [2.05, 4.69) is 27.7 Å². The Balaban J connectivity index is 1.41. The maximum Gasteiger partial charge on any atom is 0.162 e. The van der Waals surface area contributed by atoms with Crippen LogP contribution in [0.15, 0.2) is 35.9 Å². The third-order valence-electron chi connectivity index (χ3n) is 13.9. The number of benzene rings is 1. The molecule has 1 heterocycles. The van der Waals surface area contributed by atoms with Crippen molar-refractivity contribution in [2.45, 2.75) is 122 Å². The molecule has 0 unspecified atom stereocenters. The molecule has 12 atom stereocenters. The Morgan fingerprint density at radius 3 is 2.32 bits per heavy atom. The summed E-state index contributed by atoms with van der Waals surface area (Å²) in [5.74, 6) is 0.109. The number of carbonyl (C=O) groups excluding carboxylic acids is 1. The highest BCUT2D eigenvalue weighted by Gasteiger charge is 2.74.